The van der Waals surface area contributed by atoms with Crippen LogP contribution in [0.2, 0.25) is 0 Å². The molecule has 9 nitrogen and oxygen atoms in total. The lowest BCUT2D eigenvalue weighted by Gasteiger charge is -2.22. The van der Waals surface area contributed by atoms with Crippen LogP contribution in [0.1, 0.15) is 58.3 Å². The van der Waals surface area contributed by atoms with E-state index in [-0.39, 0.29) is 11.9 Å². The van der Waals surface area contributed by atoms with Gasteiger partial charge in [0.05, 0.1) is 23.4 Å². The van der Waals surface area contributed by atoms with Crippen molar-refractivity contribution in [1.29, 1.82) is 0 Å². The largest absolute Gasteiger partial charge is 0.345 e. The van der Waals surface area contributed by atoms with E-state index in [1.165, 1.54) is 17.2 Å². The van der Waals surface area contributed by atoms with Crippen molar-refractivity contribution in [3.05, 3.63) is 69.9 Å². The number of carbonyl (C=O) groups is 2. The number of carbonyl (C=O) groups excluding carboxylic acids is 2. The van der Waals surface area contributed by atoms with Gasteiger partial charge in [0.25, 0.3) is 15.9 Å². The molecular weight excluding hydrogens is 490 g/mol. The van der Waals surface area contributed by atoms with Gasteiger partial charge in [-0.3, -0.25) is 4.79 Å². The molecule has 0 unspecified atom stereocenters. The Morgan fingerprint density at radius 1 is 1.03 bits per heavy atom. The number of benzene rings is 2. The highest BCUT2D eigenvalue weighted by atomic mass is 32.2. The van der Waals surface area contributed by atoms with Crippen LogP contribution in [0.3, 0.4) is 0 Å². The maximum Gasteiger partial charge on any atom is 0.333 e. The summed E-state index contributed by atoms with van der Waals surface area (Å²) in [6, 6.07) is 6.39. The van der Waals surface area contributed by atoms with Crippen molar-refractivity contribution in [2.75, 3.05) is 11.9 Å². The molecule has 1 fully saturated rings. The summed E-state index contributed by atoms with van der Waals surface area (Å²) < 4.78 is 27.6. The normalized spacial score (nSPS) is 18.9. The minimum atomic E-state index is -4.05. The fraction of sp³-hybridized carbons (Fsp3) is 0.370. The number of amides is 3. The Hall–Kier alpha value is -3.66. The summed E-state index contributed by atoms with van der Waals surface area (Å²) in [5, 5.41) is 3.85. The average Bonchev–Trinajstić information content (AvgIpc) is 3.67. The number of fused-ring (bicyclic) bond motifs is 3. The highest BCUT2D eigenvalue weighted by molar-refractivity contribution is 7.92. The monoisotopic (exact) mass is 519 g/mol. The van der Waals surface area contributed by atoms with Crippen molar-refractivity contribution in [3.8, 4) is 0 Å². The van der Waals surface area contributed by atoms with Gasteiger partial charge in [0.2, 0.25) is 0 Å². The zero-order valence-electron chi connectivity index (χ0n) is 20.4. The molecule has 2 heterocycles. The summed E-state index contributed by atoms with van der Waals surface area (Å²) in [6.45, 7) is 0.535. The average molecular weight is 520 g/mol. The number of rotatable bonds is 5. The van der Waals surface area contributed by atoms with Gasteiger partial charge in [0, 0.05) is 23.2 Å². The summed E-state index contributed by atoms with van der Waals surface area (Å²) in [4.78, 5) is 34.7. The molecule has 3 aromatic rings. The van der Waals surface area contributed by atoms with E-state index in [9.17, 15) is 18.0 Å². The summed E-state index contributed by atoms with van der Waals surface area (Å²) in [5.41, 5.74) is 7.64. The SMILES string of the molecule is O=C(Nc1c2c(cc3c1CCC3)CCC2)NS(=O)(=O)/C=C/[C@H]1CCCN1C(=O)c1ccc2nc[nH]c2c1. The van der Waals surface area contributed by atoms with Crippen LogP contribution in [-0.4, -0.2) is 47.8 Å². The standard InChI is InChI=1S/C27H29N5O4S/c33-26(19-9-10-23-24(15-19)29-16-28-23)32-12-3-6-20(32)11-13-37(35,36)31-27(34)30-25-21-7-1-4-17(21)14-18-5-2-8-22(18)25/h9-11,13-16,20H,1-8,12H2,(H,28,29)(H2,30,31,34)/b13-11+/t20-/m1/s1. The lowest BCUT2D eigenvalue weighted by atomic mass is 9.99. The van der Waals surface area contributed by atoms with Crippen molar-refractivity contribution >= 4 is 38.7 Å². The van der Waals surface area contributed by atoms with E-state index in [2.05, 4.69) is 26.1 Å². The summed E-state index contributed by atoms with van der Waals surface area (Å²) in [6.07, 6.45) is 10.3. The molecule has 1 aliphatic heterocycles. The van der Waals surface area contributed by atoms with Gasteiger partial charge in [-0.25, -0.2) is 22.9 Å². The smallest absolute Gasteiger partial charge is 0.333 e. The molecular formula is C27H29N5O4S. The van der Waals surface area contributed by atoms with E-state index in [1.807, 2.05) is 0 Å². The maximum atomic E-state index is 13.1. The van der Waals surface area contributed by atoms with Gasteiger partial charge < -0.3 is 15.2 Å². The second-order valence-electron chi connectivity index (χ2n) is 10.0. The Morgan fingerprint density at radius 3 is 2.54 bits per heavy atom. The van der Waals surface area contributed by atoms with Crippen LogP contribution in [-0.2, 0) is 35.7 Å². The first-order valence-electron chi connectivity index (χ1n) is 12.8. The summed E-state index contributed by atoms with van der Waals surface area (Å²) in [5.74, 6) is -0.168. The van der Waals surface area contributed by atoms with Crippen LogP contribution in [0.4, 0.5) is 10.5 Å². The number of aromatic amines is 1. The van der Waals surface area contributed by atoms with Crippen LogP contribution in [0.5, 0.6) is 0 Å². The number of aromatic nitrogens is 2. The van der Waals surface area contributed by atoms with Gasteiger partial charge >= 0.3 is 6.03 Å². The fourth-order valence-corrected chi connectivity index (χ4v) is 6.71. The summed E-state index contributed by atoms with van der Waals surface area (Å²) in [7, 11) is -4.05. The van der Waals surface area contributed by atoms with E-state index in [0.29, 0.717) is 18.5 Å². The van der Waals surface area contributed by atoms with Crippen molar-refractivity contribution in [2.24, 2.45) is 0 Å². The Morgan fingerprint density at radius 2 is 1.78 bits per heavy atom. The number of likely N-dealkylation sites (tertiary alicyclic amines) is 1. The van der Waals surface area contributed by atoms with Crippen molar-refractivity contribution in [2.45, 2.75) is 57.4 Å². The van der Waals surface area contributed by atoms with E-state index in [0.717, 1.165) is 78.2 Å². The van der Waals surface area contributed by atoms with Crippen LogP contribution in [0.15, 0.2) is 42.1 Å². The molecule has 1 atom stereocenters. The van der Waals surface area contributed by atoms with Crippen LogP contribution in [0, 0.1) is 0 Å². The minimum absolute atomic E-state index is 0.168. The number of anilines is 1. The van der Waals surface area contributed by atoms with Gasteiger partial charge in [-0.1, -0.05) is 6.07 Å². The second-order valence-corrected chi connectivity index (χ2v) is 11.6. The third kappa shape index (κ3) is 4.61. The molecule has 0 saturated carbocycles. The second kappa shape index (κ2) is 9.33. The quantitative estimate of drug-likeness (QED) is 0.473. The number of nitrogens with zero attached hydrogens (tertiary/aromatic N) is 2. The number of urea groups is 1. The van der Waals surface area contributed by atoms with E-state index >= 15 is 0 Å². The van der Waals surface area contributed by atoms with E-state index < -0.39 is 16.1 Å². The molecule has 6 rings (SSSR count). The molecule has 1 aromatic heterocycles. The summed E-state index contributed by atoms with van der Waals surface area (Å²) >= 11 is 0. The molecule has 37 heavy (non-hydrogen) atoms. The molecule has 10 heteroatoms. The topological polar surface area (TPSA) is 124 Å². The Balaban J connectivity index is 1.14. The molecule has 3 aliphatic rings. The number of hydrogen-bond acceptors (Lipinski definition) is 5. The first kappa shape index (κ1) is 23.7. The third-order valence-electron chi connectivity index (χ3n) is 7.65. The van der Waals surface area contributed by atoms with Gasteiger partial charge in [0.1, 0.15) is 0 Å². The molecule has 2 aliphatic carbocycles. The predicted octanol–water partition coefficient (Wildman–Crippen LogP) is 3.81. The Bertz CT molecular complexity index is 1510. The molecule has 3 amide bonds. The third-order valence-corrected chi connectivity index (χ3v) is 8.64. The predicted molar refractivity (Wildman–Crippen MR) is 141 cm³/mol. The van der Waals surface area contributed by atoms with Gasteiger partial charge in [-0.15, -0.1) is 0 Å². The number of aryl methyl sites for hydroxylation is 2. The number of hydrogen-bond donors (Lipinski definition) is 3. The molecule has 0 radical (unpaired) electrons. The van der Waals surface area contributed by atoms with Crippen LogP contribution < -0.4 is 10.0 Å². The van der Waals surface area contributed by atoms with Crippen LogP contribution in [0.25, 0.3) is 11.0 Å². The highest BCUT2D eigenvalue weighted by Crippen LogP contribution is 2.38. The molecule has 2 aromatic carbocycles. The van der Waals surface area contributed by atoms with Crippen LogP contribution >= 0.6 is 0 Å². The highest BCUT2D eigenvalue weighted by Gasteiger charge is 2.29. The Kier molecular flexibility index (Phi) is 5.98. The molecule has 0 spiro atoms. The van der Waals surface area contributed by atoms with Gasteiger partial charge in [-0.05, 0) is 97.9 Å². The van der Waals surface area contributed by atoms with Crippen molar-refractivity contribution in [1.82, 2.24) is 19.6 Å². The zero-order valence-corrected chi connectivity index (χ0v) is 21.2. The first-order chi connectivity index (χ1) is 17.9. The number of imidazole rings is 1. The van der Waals surface area contributed by atoms with Crippen molar-refractivity contribution in [3.63, 3.8) is 0 Å². The zero-order chi connectivity index (χ0) is 25.6. The number of sulfonamides is 1. The van der Waals surface area contributed by atoms with Crippen molar-refractivity contribution < 1.29 is 18.0 Å². The number of nitrogens with one attached hydrogen (secondary N) is 3. The fourth-order valence-electron chi connectivity index (χ4n) is 5.94. The number of H-pyrrole nitrogens is 1. The first-order valence-corrected chi connectivity index (χ1v) is 14.4. The molecule has 3 N–H and O–H groups in total. The van der Waals surface area contributed by atoms with Gasteiger partial charge in [0.15, 0.2) is 0 Å². The lowest BCUT2D eigenvalue weighted by Crippen LogP contribution is -2.36. The minimum Gasteiger partial charge on any atom is -0.345 e. The maximum absolute atomic E-state index is 13.1. The molecule has 192 valence electrons. The van der Waals surface area contributed by atoms with E-state index in [4.69, 9.17) is 0 Å². The lowest BCUT2D eigenvalue weighted by molar-refractivity contribution is 0.0761. The van der Waals surface area contributed by atoms with E-state index in [1.54, 1.807) is 29.4 Å². The van der Waals surface area contributed by atoms with Gasteiger partial charge in [-0.2, -0.15) is 0 Å². The molecule has 0 bridgehead atoms. The molecule has 1 saturated heterocycles. The Labute approximate surface area is 215 Å².